The van der Waals surface area contributed by atoms with Gasteiger partial charge in [0.15, 0.2) is 0 Å². The molecule has 1 fully saturated rings. The molecule has 1 aliphatic heterocycles. The minimum absolute atomic E-state index is 0.353. The van der Waals surface area contributed by atoms with E-state index in [4.69, 9.17) is 9.84 Å². The van der Waals surface area contributed by atoms with Crippen LogP contribution in [0.4, 0.5) is 0 Å². The molecule has 3 heteroatoms. The molecule has 0 radical (unpaired) electrons. The van der Waals surface area contributed by atoms with Crippen molar-refractivity contribution in [2.45, 2.75) is 26.7 Å². The van der Waals surface area contributed by atoms with Crippen LogP contribution in [0.5, 0.6) is 0 Å². The van der Waals surface area contributed by atoms with Crippen molar-refractivity contribution in [3.63, 3.8) is 0 Å². The van der Waals surface area contributed by atoms with Crippen LogP contribution in [-0.4, -0.2) is 24.3 Å². The second-order valence-corrected chi connectivity index (χ2v) is 3.87. The highest BCUT2D eigenvalue weighted by Crippen LogP contribution is 2.33. The number of hydrogen-bond donors (Lipinski definition) is 1. The molecule has 0 aromatic heterocycles. The Labute approximate surface area is 78.4 Å². The summed E-state index contributed by atoms with van der Waals surface area (Å²) in [4.78, 5) is 11.0. The lowest BCUT2D eigenvalue weighted by atomic mass is 9.83. The molecule has 1 saturated heterocycles. The Bertz CT molecular complexity index is 220. The molecular weight excluding hydrogens is 168 g/mol. The van der Waals surface area contributed by atoms with Gasteiger partial charge in [0.05, 0.1) is 12.0 Å². The maximum atomic E-state index is 11.0. The Hall–Kier alpha value is -0.830. The summed E-state index contributed by atoms with van der Waals surface area (Å²) in [7, 11) is 0. The molecule has 0 aliphatic carbocycles. The zero-order valence-corrected chi connectivity index (χ0v) is 8.17. The van der Waals surface area contributed by atoms with Crippen molar-refractivity contribution in [2.75, 3.05) is 13.2 Å². The highest BCUT2D eigenvalue weighted by atomic mass is 16.5. The molecule has 0 aromatic carbocycles. The minimum Gasteiger partial charge on any atom is -0.481 e. The molecule has 1 aliphatic rings. The van der Waals surface area contributed by atoms with Crippen molar-refractivity contribution in [1.82, 2.24) is 0 Å². The van der Waals surface area contributed by atoms with Crippen molar-refractivity contribution < 1.29 is 14.6 Å². The number of carbonyl (C=O) groups is 1. The molecule has 1 rings (SSSR count). The average molecular weight is 184 g/mol. The summed E-state index contributed by atoms with van der Waals surface area (Å²) in [5, 5.41) is 9.07. The molecule has 1 heterocycles. The monoisotopic (exact) mass is 184 g/mol. The fourth-order valence-electron chi connectivity index (χ4n) is 1.42. The summed E-state index contributed by atoms with van der Waals surface area (Å²) in [6, 6.07) is 0. The van der Waals surface area contributed by atoms with Crippen LogP contribution in [0.1, 0.15) is 26.7 Å². The fourth-order valence-corrected chi connectivity index (χ4v) is 1.42. The molecule has 74 valence electrons. The standard InChI is InChI=1S/C10H16O3/c1-8(2)3-4-10(9(11)12)5-6-13-7-10/h3H,4-7H2,1-2H3,(H,11,12). The van der Waals surface area contributed by atoms with E-state index in [0.29, 0.717) is 26.1 Å². The third-order valence-electron chi connectivity index (χ3n) is 2.46. The number of ether oxygens (including phenoxy) is 1. The van der Waals surface area contributed by atoms with E-state index >= 15 is 0 Å². The molecule has 3 nitrogen and oxygen atoms in total. The van der Waals surface area contributed by atoms with Crippen LogP contribution in [0.15, 0.2) is 11.6 Å². The maximum Gasteiger partial charge on any atom is 0.312 e. The number of carboxylic acid groups (broad SMARTS) is 1. The van der Waals surface area contributed by atoms with Gasteiger partial charge in [-0.05, 0) is 26.7 Å². The molecule has 1 atom stereocenters. The first-order valence-electron chi connectivity index (χ1n) is 4.51. The molecular formula is C10H16O3. The summed E-state index contributed by atoms with van der Waals surface area (Å²) in [5.74, 6) is -0.734. The van der Waals surface area contributed by atoms with Gasteiger partial charge in [-0.2, -0.15) is 0 Å². The van der Waals surface area contributed by atoms with Gasteiger partial charge in [0.2, 0.25) is 0 Å². The Morgan fingerprint density at radius 1 is 1.62 bits per heavy atom. The number of hydrogen-bond acceptors (Lipinski definition) is 2. The number of allylic oxidation sites excluding steroid dienone is 2. The lowest BCUT2D eigenvalue weighted by Gasteiger charge is -2.19. The maximum absolute atomic E-state index is 11.0. The van der Waals surface area contributed by atoms with Gasteiger partial charge in [0.1, 0.15) is 0 Å². The van der Waals surface area contributed by atoms with Crippen molar-refractivity contribution >= 4 is 5.97 Å². The molecule has 0 bridgehead atoms. The van der Waals surface area contributed by atoms with E-state index in [2.05, 4.69) is 0 Å². The Kier molecular flexibility index (Phi) is 3.09. The lowest BCUT2D eigenvalue weighted by Crippen LogP contribution is -2.30. The van der Waals surface area contributed by atoms with E-state index in [1.165, 1.54) is 0 Å². The lowest BCUT2D eigenvalue weighted by molar-refractivity contribution is -0.148. The van der Waals surface area contributed by atoms with E-state index in [-0.39, 0.29) is 0 Å². The molecule has 0 saturated carbocycles. The molecule has 13 heavy (non-hydrogen) atoms. The van der Waals surface area contributed by atoms with Crippen molar-refractivity contribution in [3.8, 4) is 0 Å². The van der Waals surface area contributed by atoms with E-state index in [1.807, 2.05) is 19.9 Å². The van der Waals surface area contributed by atoms with Crippen LogP contribution in [0.25, 0.3) is 0 Å². The normalized spacial score (nSPS) is 27.2. The van der Waals surface area contributed by atoms with Gasteiger partial charge in [-0.1, -0.05) is 11.6 Å². The minimum atomic E-state index is -0.734. The smallest absolute Gasteiger partial charge is 0.312 e. The second-order valence-electron chi connectivity index (χ2n) is 3.87. The van der Waals surface area contributed by atoms with Crippen LogP contribution in [0, 0.1) is 5.41 Å². The van der Waals surface area contributed by atoms with Gasteiger partial charge in [-0.3, -0.25) is 4.79 Å². The van der Waals surface area contributed by atoms with Gasteiger partial charge in [-0.25, -0.2) is 0 Å². The van der Waals surface area contributed by atoms with Gasteiger partial charge in [-0.15, -0.1) is 0 Å². The van der Waals surface area contributed by atoms with Crippen LogP contribution in [-0.2, 0) is 9.53 Å². The van der Waals surface area contributed by atoms with Crippen LogP contribution in [0.2, 0.25) is 0 Å². The number of rotatable bonds is 3. The zero-order chi connectivity index (χ0) is 9.90. The number of carboxylic acids is 1. The van der Waals surface area contributed by atoms with E-state index in [9.17, 15) is 4.79 Å². The van der Waals surface area contributed by atoms with E-state index < -0.39 is 11.4 Å². The topological polar surface area (TPSA) is 46.5 Å². The average Bonchev–Trinajstić information content (AvgIpc) is 2.50. The molecule has 0 aromatic rings. The first-order valence-corrected chi connectivity index (χ1v) is 4.51. The molecule has 0 spiro atoms. The summed E-state index contributed by atoms with van der Waals surface area (Å²) in [6.45, 7) is 4.88. The molecule has 0 amide bonds. The SMILES string of the molecule is CC(C)=CCC1(C(=O)O)CCOC1. The molecule has 1 unspecified atom stereocenters. The molecule has 1 N–H and O–H groups in total. The predicted octanol–water partition coefficient (Wildman–Crippen LogP) is 1.83. The Morgan fingerprint density at radius 3 is 2.69 bits per heavy atom. The first kappa shape index (κ1) is 10.3. The zero-order valence-electron chi connectivity index (χ0n) is 8.17. The first-order chi connectivity index (χ1) is 6.07. The van der Waals surface area contributed by atoms with E-state index in [0.717, 1.165) is 5.57 Å². The third kappa shape index (κ3) is 2.31. The van der Waals surface area contributed by atoms with Crippen molar-refractivity contribution in [2.24, 2.45) is 5.41 Å². The highest BCUT2D eigenvalue weighted by molar-refractivity contribution is 5.75. The summed E-state index contributed by atoms with van der Waals surface area (Å²) >= 11 is 0. The fraction of sp³-hybridized carbons (Fsp3) is 0.700. The van der Waals surface area contributed by atoms with Crippen LogP contribution in [0.3, 0.4) is 0 Å². The summed E-state index contributed by atoms with van der Waals surface area (Å²) in [5.41, 5.74) is 0.504. The Morgan fingerprint density at radius 2 is 2.31 bits per heavy atom. The van der Waals surface area contributed by atoms with Crippen LogP contribution >= 0.6 is 0 Å². The quantitative estimate of drug-likeness (QED) is 0.681. The van der Waals surface area contributed by atoms with Gasteiger partial charge in [0, 0.05) is 6.61 Å². The highest BCUT2D eigenvalue weighted by Gasteiger charge is 2.41. The van der Waals surface area contributed by atoms with Crippen molar-refractivity contribution in [1.29, 1.82) is 0 Å². The largest absolute Gasteiger partial charge is 0.481 e. The Balaban J connectivity index is 2.68. The van der Waals surface area contributed by atoms with Gasteiger partial charge < -0.3 is 9.84 Å². The summed E-state index contributed by atoms with van der Waals surface area (Å²) < 4.78 is 5.14. The van der Waals surface area contributed by atoms with Crippen LogP contribution < -0.4 is 0 Å². The third-order valence-corrected chi connectivity index (χ3v) is 2.46. The predicted molar refractivity (Wildman–Crippen MR) is 49.6 cm³/mol. The summed E-state index contributed by atoms with van der Waals surface area (Å²) in [6.07, 6.45) is 3.19. The van der Waals surface area contributed by atoms with E-state index in [1.54, 1.807) is 0 Å². The van der Waals surface area contributed by atoms with Gasteiger partial charge in [0.25, 0.3) is 0 Å². The second kappa shape index (κ2) is 3.92. The van der Waals surface area contributed by atoms with Gasteiger partial charge >= 0.3 is 5.97 Å². The van der Waals surface area contributed by atoms with Crippen molar-refractivity contribution in [3.05, 3.63) is 11.6 Å². The number of aliphatic carboxylic acids is 1.